The van der Waals surface area contributed by atoms with Crippen LogP contribution in [0, 0.1) is 5.92 Å². The molecule has 2 N–H and O–H groups in total. The summed E-state index contributed by atoms with van der Waals surface area (Å²) in [4.78, 5) is 13.3. The molecule has 0 bridgehead atoms. The van der Waals surface area contributed by atoms with Gasteiger partial charge in [0, 0.05) is 26.7 Å². The van der Waals surface area contributed by atoms with Gasteiger partial charge in [0.15, 0.2) is 0 Å². The number of nitrogens with zero attached hydrogens (tertiary/aromatic N) is 1. The Morgan fingerprint density at radius 1 is 1.43 bits per heavy atom. The third-order valence-electron chi connectivity index (χ3n) is 3.62. The van der Waals surface area contributed by atoms with Crippen LogP contribution in [-0.2, 0) is 11.0 Å². The van der Waals surface area contributed by atoms with E-state index >= 15 is 0 Å². The Kier molecular flexibility index (Phi) is 5.48. The van der Waals surface area contributed by atoms with E-state index in [2.05, 4.69) is 5.32 Å². The molecule has 0 spiro atoms. The van der Waals surface area contributed by atoms with Crippen LogP contribution in [0.5, 0.6) is 5.75 Å². The van der Waals surface area contributed by atoms with Crippen LogP contribution >= 0.6 is 0 Å². The topological polar surface area (TPSA) is 61.8 Å². The van der Waals surface area contributed by atoms with Gasteiger partial charge in [0.05, 0.1) is 11.5 Å². The SMILES string of the molecule is CN(CC(O)COc1ccccc1C(F)(F)F)C(=O)C1CNC1. The van der Waals surface area contributed by atoms with E-state index in [1.807, 2.05) is 0 Å². The lowest BCUT2D eigenvalue weighted by Crippen LogP contribution is -2.52. The quantitative estimate of drug-likeness (QED) is 0.820. The molecule has 1 aromatic rings. The van der Waals surface area contributed by atoms with Gasteiger partial charge in [-0.05, 0) is 12.1 Å². The fourth-order valence-corrected chi connectivity index (χ4v) is 2.25. The smallest absolute Gasteiger partial charge is 0.419 e. The second-order valence-corrected chi connectivity index (χ2v) is 5.53. The first-order chi connectivity index (χ1) is 10.8. The third kappa shape index (κ3) is 4.59. The van der Waals surface area contributed by atoms with Gasteiger partial charge in [0.2, 0.25) is 5.91 Å². The summed E-state index contributed by atoms with van der Waals surface area (Å²) in [5.74, 6) is -0.534. The second kappa shape index (κ2) is 7.18. The number of carbonyl (C=O) groups is 1. The van der Waals surface area contributed by atoms with Crippen molar-refractivity contribution in [2.24, 2.45) is 5.92 Å². The van der Waals surface area contributed by atoms with Crippen LogP contribution in [0.25, 0.3) is 0 Å². The van der Waals surface area contributed by atoms with E-state index in [4.69, 9.17) is 4.74 Å². The van der Waals surface area contributed by atoms with Crippen LogP contribution in [0.3, 0.4) is 0 Å². The fourth-order valence-electron chi connectivity index (χ4n) is 2.25. The van der Waals surface area contributed by atoms with Crippen LogP contribution < -0.4 is 10.1 Å². The van der Waals surface area contributed by atoms with Gasteiger partial charge < -0.3 is 20.1 Å². The third-order valence-corrected chi connectivity index (χ3v) is 3.62. The Balaban J connectivity index is 1.87. The van der Waals surface area contributed by atoms with Crippen molar-refractivity contribution in [1.29, 1.82) is 0 Å². The molecule has 0 radical (unpaired) electrons. The molecule has 1 unspecified atom stereocenters. The van der Waals surface area contributed by atoms with E-state index in [0.717, 1.165) is 6.07 Å². The molecule has 2 rings (SSSR count). The fraction of sp³-hybridized carbons (Fsp3) is 0.533. The Hall–Kier alpha value is -1.80. The average molecular weight is 332 g/mol. The van der Waals surface area contributed by atoms with E-state index in [-0.39, 0.29) is 30.7 Å². The summed E-state index contributed by atoms with van der Waals surface area (Å²) in [5.41, 5.74) is -0.892. The predicted molar refractivity (Wildman–Crippen MR) is 76.9 cm³/mol. The number of halogens is 3. The largest absolute Gasteiger partial charge is 0.490 e. The zero-order valence-corrected chi connectivity index (χ0v) is 12.6. The zero-order chi connectivity index (χ0) is 17.0. The predicted octanol–water partition coefficient (Wildman–Crippen LogP) is 1.12. The molecule has 1 aliphatic rings. The lowest BCUT2D eigenvalue weighted by molar-refractivity contribution is -0.139. The number of alkyl halides is 3. The number of carbonyl (C=O) groups excluding carboxylic acids is 1. The van der Waals surface area contributed by atoms with Crippen LogP contribution in [0.4, 0.5) is 13.2 Å². The molecule has 0 aromatic heterocycles. The van der Waals surface area contributed by atoms with Gasteiger partial charge in [0.1, 0.15) is 18.5 Å². The lowest BCUT2D eigenvalue weighted by atomic mass is 10.0. The summed E-state index contributed by atoms with van der Waals surface area (Å²) < 4.78 is 43.6. The molecule has 8 heteroatoms. The van der Waals surface area contributed by atoms with Crippen molar-refractivity contribution in [2.45, 2.75) is 12.3 Å². The van der Waals surface area contributed by atoms with Gasteiger partial charge in [-0.25, -0.2) is 0 Å². The summed E-state index contributed by atoms with van der Waals surface area (Å²) in [6, 6.07) is 4.81. The van der Waals surface area contributed by atoms with Crippen LogP contribution in [0.15, 0.2) is 24.3 Å². The first-order valence-corrected chi connectivity index (χ1v) is 7.22. The van der Waals surface area contributed by atoms with Crippen molar-refractivity contribution in [3.8, 4) is 5.75 Å². The number of ether oxygens (including phenoxy) is 1. The molecule has 5 nitrogen and oxygen atoms in total. The highest BCUT2D eigenvalue weighted by Crippen LogP contribution is 2.35. The first-order valence-electron chi connectivity index (χ1n) is 7.22. The zero-order valence-electron chi connectivity index (χ0n) is 12.6. The van der Waals surface area contributed by atoms with E-state index < -0.39 is 17.8 Å². The van der Waals surface area contributed by atoms with Gasteiger partial charge in [-0.3, -0.25) is 4.79 Å². The molecule has 0 saturated carbocycles. The highest BCUT2D eigenvalue weighted by Gasteiger charge is 2.34. The van der Waals surface area contributed by atoms with Gasteiger partial charge in [-0.2, -0.15) is 13.2 Å². The van der Waals surface area contributed by atoms with Crippen molar-refractivity contribution in [3.63, 3.8) is 0 Å². The van der Waals surface area contributed by atoms with Crippen molar-refractivity contribution in [2.75, 3.05) is 33.3 Å². The van der Waals surface area contributed by atoms with Crippen molar-refractivity contribution < 1.29 is 27.8 Å². The van der Waals surface area contributed by atoms with Gasteiger partial charge in [0.25, 0.3) is 0 Å². The maximum atomic E-state index is 12.8. The van der Waals surface area contributed by atoms with Crippen molar-refractivity contribution >= 4 is 5.91 Å². The van der Waals surface area contributed by atoms with Gasteiger partial charge >= 0.3 is 6.18 Å². The number of hydrogen-bond acceptors (Lipinski definition) is 4. The summed E-state index contributed by atoms with van der Waals surface area (Å²) in [7, 11) is 1.55. The average Bonchev–Trinajstić information content (AvgIpc) is 2.42. The Morgan fingerprint density at radius 3 is 2.65 bits per heavy atom. The summed E-state index contributed by atoms with van der Waals surface area (Å²) >= 11 is 0. The minimum atomic E-state index is -4.52. The minimum absolute atomic E-state index is 0.00349. The number of benzene rings is 1. The van der Waals surface area contributed by atoms with Crippen molar-refractivity contribution in [3.05, 3.63) is 29.8 Å². The van der Waals surface area contributed by atoms with Gasteiger partial charge in [-0.15, -0.1) is 0 Å². The maximum Gasteiger partial charge on any atom is 0.419 e. The van der Waals surface area contributed by atoms with Crippen LogP contribution in [-0.4, -0.2) is 55.3 Å². The number of aliphatic hydroxyl groups is 1. The second-order valence-electron chi connectivity index (χ2n) is 5.53. The maximum absolute atomic E-state index is 12.8. The van der Waals surface area contributed by atoms with E-state index in [1.165, 1.54) is 23.1 Å². The summed E-state index contributed by atoms with van der Waals surface area (Å²) in [6.45, 7) is 0.889. The minimum Gasteiger partial charge on any atom is -0.490 e. The molecule has 1 fully saturated rings. The molecular weight excluding hydrogens is 313 g/mol. The molecule has 128 valence electrons. The monoisotopic (exact) mass is 332 g/mol. The van der Waals surface area contributed by atoms with Crippen LogP contribution in [0.2, 0.25) is 0 Å². The van der Waals surface area contributed by atoms with Gasteiger partial charge in [-0.1, -0.05) is 12.1 Å². The standard InChI is InChI=1S/C15H19F3N2O3/c1-20(14(22)10-6-19-7-10)8-11(21)9-23-13-5-3-2-4-12(13)15(16,17)18/h2-5,10-11,19,21H,6-9H2,1H3. The van der Waals surface area contributed by atoms with E-state index in [9.17, 15) is 23.1 Å². The number of nitrogens with one attached hydrogen (secondary N) is 1. The molecule has 1 aliphatic heterocycles. The first kappa shape index (κ1) is 17.6. The molecule has 1 heterocycles. The molecule has 1 aromatic carbocycles. The van der Waals surface area contributed by atoms with E-state index in [0.29, 0.717) is 13.1 Å². The highest BCUT2D eigenvalue weighted by atomic mass is 19.4. The Labute approximate surface area is 132 Å². The molecular formula is C15H19F3N2O3. The van der Waals surface area contributed by atoms with Crippen LogP contribution in [0.1, 0.15) is 5.56 Å². The normalized spacial score (nSPS) is 16.6. The number of hydrogen-bond donors (Lipinski definition) is 2. The van der Waals surface area contributed by atoms with Crippen molar-refractivity contribution in [1.82, 2.24) is 10.2 Å². The molecule has 1 amide bonds. The lowest BCUT2D eigenvalue weighted by Gasteiger charge is -2.31. The number of para-hydroxylation sites is 1. The Bertz CT molecular complexity index is 547. The number of aliphatic hydroxyl groups excluding tert-OH is 1. The highest BCUT2D eigenvalue weighted by molar-refractivity contribution is 5.80. The number of likely N-dealkylation sites (N-methyl/N-ethyl adjacent to an activating group) is 1. The number of amides is 1. The number of rotatable bonds is 6. The molecule has 1 saturated heterocycles. The summed E-state index contributed by atoms with van der Waals surface area (Å²) in [6.07, 6.45) is -5.59. The molecule has 0 aliphatic carbocycles. The molecule has 23 heavy (non-hydrogen) atoms. The molecule has 1 atom stereocenters. The summed E-state index contributed by atoms with van der Waals surface area (Å²) in [5, 5.41) is 12.9. The Morgan fingerprint density at radius 2 is 2.09 bits per heavy atom. The van der Waals surface area contributed by atoms with E-state index in [1.54, 1.807) is 7.05 Å².